The van der Waals surface area contributed by atoms with E-state index in [-0.39, 0.29) is 5.56 Å². The maximum atomic E-state index is 11.8. The molecule has 0 saturated carbocycles. The van der Waals surface area contributed by atoms with Gasteiger partial charge < -0.3 is 39.1 Å². The number of anilines is 4. The van der Waals surface area contributed by atoms with Crippen molar-refractivity contribution in [3.8, 4) is 35.4 Å². The number of aromatic nitrogens is 10. The molecule has 0 unspecified atom stereocenters. The highest BCUT2D eigenvalue weighted by atomic mass is 16.5. The summed E-state index contributed by atoms with van der Waals surface area (Å²) in [5.41, 5.74) is 7.20. The van der Waals surface area contributed by atoms with Gasteiger partial charge in [0.1, 0.15) is 46.2 Å². The molecule has 0 fully saturated rings. The zero-order chi connectivity index (χ0) is 44.9. The van der Waals surface area contributed by atoms with Gasteiger partial charge in [-0.15, -0.1) is 0 Å². The van der Waals surface area contributed by atoms with E-state index < -0.39 is 11.9 Å². The number of nitriles is 2. The van der Waals surface area contributed by atoms with Crippen LogP contribution in [-0.4, -0.2) is 73.2 Å². The smallest absolute Gasteiger partial charge is 0.339 e. The predicted molar refractivity (Wildman–Crippen MR) is 227 cm³/mol. The van der Waals surface area contributed by atoms with Crippen LogP contribution in [0.15, 0.2) is 73.6 Å². The number of fused-ring (bicyclic) bond motifs is 2. The Labute approximate surface area is 358 Å². The molecule has 8 aromatic heterocycles. The molecule has 8 aromatic rings. The molecule has 0 aliphatic rings. The van der Waals surface area contributed by atoms with Crippen molar-refractivity contribution in [1.29, 1.82) is 10.5 Å². The third-order valence-corrected chi connectivity index (χ3v) is 9.41. The van der Waals surface area contributed by atoms with Gasteiger partial charge in [-0.05, 0) is 75.2 Å². The maximum Gasteiger partial charge on any atom is 0.339 e. The van der Waals surface area contributed by atoms with Crippen molar-refractivity contribution in [3.63, 3.8) is 0 Å². The number of hydrogen-bond acceptors (Lipinski definition) is 17. The fraction of sp³-hybridized carbons (Fsp3) is 0.163. The van der Waals surface area contributed by atoms with Gasteiger partial charge in [-0.2, -0.15) is 20.5 Å². The number of pyridine rings is 6. The summed E-state index contributed by atoms with van der Waals surface area (Å²) in [6.45, 7) is 7.01. The van der Waals surface area contributed by atoms with Crippen molar-refractivity contribution < 1.29 is 28.9 Å². The lowest BCUT2D eigenvalue weighted by molar-refractivity contribution is 0.0598. The van der Waals surface area contributed by atoms with Crippen molar-refractivity contribution in [3.05, 3.63) is 119 Å². The Morgan fingerprint density at radius 3 is 1.48 bits per heavy atom. The van der Waals surface area contributed by atoms with Crippen LogP contribution in [0.1, 0.15) is 54.6 Å². The highest BCUT2D eigenvalue weighted by Gasteiger charge is 2.18. The van der Waals surface area contributed by atoms with E-state index in [1.807, 2.05) is 40.1 Å². The SMILES string of the molecule is COC(=O)c1ccc(Nc2cc(Oc3cnc(C#N)cc3C)nc3c2ncn3C)nc1C.Cc1cc(C#N)ncc1Oc1cc(Nc2ccc(C(=O)O)c(C)n2)c2ncn(C)c2n1. The number of aryl methyl sites for hydroxylation is 6. The average Bonchev–Trinajstić information content (AvgIpc) is 3.83. The van der Waals surface area contributed by atoms with Crippen LogP contribution in [0.3, 0.4) is 0 Å². The minimum absolute atomic E-state index is 0.135. The van der Waals surface area contributed by atoms with Gasteiger partial charge in [0.05, 0.1) is 66.0 Å². The number of ether oxygens (including phenoxy) is 3. The molecule has 3 N–H and O–H groups in total. The lowest BCUT2D eigenvalue weighted by Gasteiger charge is -2.12. The van der Waals surface area contributed by atoms with Gasteiger partial charge >= 0.3 is 11.9 Å². The number of aromatic carboxylic acids is 1. The Bertz CT molecular complexity index is 3180. The second kappa shape index (κ2) is 17.7. The predicted octanol–water partition coefficient (Wildman–Crippen LogP) is 7.05. The number of methoxy groups -OCH3 is 1. The fourth-order valence-corrected chi connectivity index (χ4v) is 6.18. The standard InChI is InChI=1S/C22H19N7O3.C21H17N7O3/c1-12-7-14(9-23)24-10-17(12)32-19-8-16(20-21(28-19)29(3)11-25-20)27-18-6-5-15(13(2)26-18)22(30)31-4;1-11-6-13(8-22)23-9-16(11)31-18-7-15(19-20(27-18)28(3)10-24-19)26-17-5-4-14(21(29)30)12(2)25-17/h5-8,10-11H,1-4H3,(H,26,27,28);4-7,9-10H,1-3H3,(H,29,30)(H,25,26,27). The Balaban J connectivity index is 0.000000189. The van der Waals surface area contributed by atoms with E-state index in [2.05, 4.69) is 50.5 Å². The maximum absolute atomic E-state index is 11.8. The molecule has 20 nitrogen and oxygen atoms in total. The molecule has 0 bridgehead atoms. The summed E-state index contributed by atoms with van der Waals surface area (Å²) in [4.78, 5) is 57.8. The minimum atomic E-state index is -1.03. The van der Waals surface area contributed by atoms with Gasteiger partial charge in [-0.25, -0.2) is 39.5 Å². The lowest BCUT2D eigenvalue weighted by Crippen LogP contribution is -2.06. The third-order valence-electron chi connectivity index (χ3n) is 9.41. The van der Waals surface area contributed by atoms with E-state index >= 15 is 0 Å². The Hall–Kier alpha value is -9.04. The number of hydrogen-bond donors (Lipinski definition) is 3. The Morgan fingerprint density at radius 1 is 0.651 bits per heavy atom. The summed E-state index contributed by atoms with van der Waals surface area (Å²) in [5, 5.41) is 33.6. The summed E-state index contributed by atoms with van der Waals surface area (Å²) in [6.07, 6.45) is 6.26. The number of esters is 1. The number of carbonyl (C=O) groups is 2. The molecule has 63 heavy (non-hydrogen) atoms. The monoisotopic (exact) mass is 844 g/mol. The highest BCUT2D eigenvalue weighted by Crippen LogP contribution is 2.33. The first-order valence-electron chi connectivity index (χ1n) is 18.8. The van der Waals surface area contributed by atoms with Gasteiger partial charge in [0.15, 0.2) is 22.8 Å². The van der Waals surface area contributed by atoms with E-state index in [1.54, 1.807) is 78.1 Å². The summed E-state index contributed by atoms with van der Waals surface area (Å²) in [7, 11) is 4.97. The second-order valence-electron chi connectivity index (χ2n) is 13.9. The third kappa shape index (κ3) is 9.10. The number of rotatable bonds is 10. The molecule has 0 aromatic carbocycles. The molecule has 0 aliphatic heterocycles. The fourth-order valence-electron chi connectivity index (χ4n) is 6.18. The molecule has 0 spiro atoms. The van der Waals surface area contributed by atoms with Crippen LogP contribution in [0.2, 0.25) is 0 Å². The van der Waals surface area contributed by atoms with Crippen molar-refractivity contribution in [2.75, 3.05) is 17.7 Å². The summed E-state index contributed by atoms with van der Waals surface area (Å²) >= 11 is 0. The molecule has 8 rings (SSSR count). The first-order valence-corrected chi connectivity index (χ1v) is 18.8. The number of nitrogens with one attached hydrogen (secondary N) is 2. The molecular formula is C43H36N14O6. The highest BCUT2D eigenvalue weighted by molar-refractivity contribution is 5.92. The van der Waals surface area contributed by atoms with Crippen LogP contribution < -0.4 is 20.1 Å². The average molecular weight is 845 g/mol. The number of carbonyl (C=O) groups excluding carboxylic acids is 1. The molecule has 0 atom stereocenters. The molecule has 0 radical (unpaired) electrons. The summed E-state index contributed by atoms with van der Waals surface area (Å²) in [6, 6.07) is 17.1. The topological polar surface area (TPSA) is 267 Å². The van der Waals surface area contributed by atoms with E-state index in [9.17, 15) is 14.7 Å². The van der Waals surface area contributed by atoms with E-state index in [4.69, 9.17) is 24.7 Å². The molecule has 20 heteroatoms. The van der Waals surface area contributed by atoms with E-state index in [0.717, 1.165) is 11.1 Å². The summed E-state index contributed by atoms with van der Waals surface area (Å²) < 4.78 is 20.2. The van der Waals surface area contributed by atoms with Crippen LogP contribution in [0.25, 0.3) is 22.3 Å². The van der Waals surface area contributed by atoms with Crippen molar-refractivity contribution >= 4 is 57.3 Å². The van der Waals surface area contributed by atoms with Gasteiger partial charge in [-0.3, -0.25) is 0 Å². The van der Waals surface area contributed by atoms with Crippen LogP contribution in [0.5, 0.6) is 23.3 Å². The van der Waals surface area contributed by atoms with Gasteiger partial charge in [0, 0.05) is 26.2 Å². The Morgan fingerprint density at radius 2 is 1.10 bits per heavy atom. The molecule has 314 valence electrons. The van der Waals surface area contributed by atoms with Crippen LogP contribution in [0.4, 0.5) is 23.0 Å². The van der Waals surface area contributed by atoms with Gasteiger partial charge in [-0.1, -0.05) is 0 Å². The normalized spacial score (nSPS) is 10.6. The largest absolute Gasteiger partial charge is 0.478 e. The number of carboxylic acid groups (broad SMARTS) is 1. The molecule has 0 aliphatic carbocycles. The zero-order valence-electron chi connectivity index (χ0n) is 34.8. The number of nitrogens with zero attached hydrogens (tertiary/aromatic N) is 12. The van der Waals surface area contributed by atoms with Gasteiger partial charge in [0.25, 0.3) is 0 Å². The Kier molecular flexibility index (Phi) is 11.8. The van der Waals surface area contributed by atoms with Crippen LogP contribution in [-0.2, 0) is 18.8 Å². The second-order valence-corrected chi connectivity index (χ2v) is 13.9. The van der Waals surface area contributed by atoms with E-state index in [1.165, 1.54) is 25.6 Å². The van der Waals surface area contributed by atoms with E-state index in [0.29, 0.717) is 96.9 Å². The number of carboxylic acids is 1. The first kappa shape index (κ1) is 42.1. The van der Waals surface area contributed by atoms with Crippen molar-refractivity contribution in [2.24, 2.45) is 14.1 Å². The molecule has 8 heterocycles. The zero-order valence-corrected chi connectivity index (χ0v) is 34.8. The number of imidazole rings is 2. The minimum Gasteiger partial charge on any atom is -0.478 e. The molecular weight excluding hydrogens is 809 g/mol. The van der Waals surface area contributed by atoms with Crippen LogP contribution >= 0.6 is 0 Å². The summed E-state index contributed by atoms with van der Waals surface area (Å²) in [5.74, 6) is 1.08. The van der Waals surface area contributed by atoms with Crippen LogP contribution in [0, 0.1) is 50.4 Å². The van der Waals surface area contributed by atoms with Crippen molar-refractivity contribution in [2.45, 2.75) is 27.7 Å². The van der Waals surface area contributed by atoms with Crippen molar-refractivity contribution in [1.82, 2.24) is 49.0 Å². The molecule has 0 saturated heterocycles. The quantitative estimate of drug-likeness (QED) is 0.116. The lowest BCUT2D eigenvalue weighted by atomic mass is 10.2. The first-order chi connectivity index (χ1) is 30.2. The molecule has 0 amide bonds. The van der Waals surface area contributed by atoms with Gasteiger partial charge in [0.2, 0.25) is 11.8 Å².